The van der Waals surface area contributed by atoms with E-state index in [9.17, 15) is 22.8 Å². The Hall–Kier alpha value is -4.76. The van der Waals surface area contributed by atoms with Gasteiger partial charge in [0.1, 0.15) is 12.1 Å². The second kappa shape index (κ2) is 12.9. The molecule has 2 heterocycles. The first-order valence-corrected chi connectivity index (χ1v) is 15.6. The monoisotopic (exact) mass is 665 g/mol. The normalized spacial score (nSPS) is 16.9. The van der Waals surface area contributed by atoms with E-state index in [4.69, 9.17) is 12.2 Å². The lowest BCUT2D eigenvalue weighted by Crippen LogP contribution is -2.44. The molecule has 1 aromatic heterocycles. The van der Waals surface area contributed by atoms with Gasteiger partial charge in [-0.15, -0.1) is 18.3 Å². The largest absolute Gasteiger partial charge is 0.573 e. The van der Waals surface area contributed by atoms with Crippen LogP contribution in [-0.2, 0) is 24.1 Å². The molecule has 6 rings (SSSR count). The van der Waals surface area contributed by atoms with E-state index in [1.807, 2.05) is 49.4 Å². The number of nitrogens with zero attached hydrogens (tertiary/aromatic N) is 5. The van der Waals surface area contributed by atoms with Crippen LogP contribution in [0.25, 0.3) is 17.1 Å². The van der Waals surface area contributed by atoms with Crippen molar-refractivity contribution in [3.05, 3.63) is 89.7 Å². The predicted octanol–water partition coefficient (Wildman–Crippen LogP) is 5.58. The van der Waals surface area contributed by atoms with Crippen molar-refractivity contribution in [3.63, 3.8) is 0 Å². The molecule has 1 aliphatic carbocycles. The zero-order valence-corrected chi connectivity index (χ0v) is 25.9. The number of rotatable bonds is 6. The molecule has 1 aliphatic heterocycles. The molecule has 0 spiro atoms. The van der Waals surface area contributed by atoms with E-state index in [1.165, 1.54) is 47.0 Å². The number of para-hydroxylation sites is 1. The molecular weight excluding hydrogens is 640 g/mol. The Balaban J connectivity index is 1.06. The molecule has 3 amide bonds. The van der Waals surface area contributed by atoms with Crippen molar-refractivity contribution in [2.75, 3.05) is 10.7 Å². The number of halogens is 3. The number of carbonyl (C=O) groups is 2. The van der Waals surface area contributed by atoms with Crippen LogP contribution >= 0.6 is 24.0 Å². The number of carbonyl (C=O) groups excluding carboxylic acids is 2. The minimum Gasteiger partial charge on any atom is -0.406 e. The van der Waals surface area contributed by atoms with Crippen LogP contribution in [0.1, 0.15) is 23.6 Å². The summed E-state index contributed by atoms with van der Waals surface area (Å²) in [5.74, 6) is 0.246. The molecule has 1 unspecified atom stereocenters. The molecule has 2 N–H and O–H groups in total. The fraction of sp³-hybridized carbons (Fsp3) is 0.226. The number of hydrogen-bond acceptors (Lipinski definition) is 7. The lowest BCUT2D eigenvalue weighted by Gasteiger charge is -2.19. The van der Waals surface area contributed by atoms with Gasteiger partial charge in [0.2, 0.25) is 11.0 Å². The molecule has 2 aliphatic rings. The van der Waals surface area contributed by atoms with Crippen LogP contribution in [-0.4, -0.2) is 55.1 Å². The van der Waals surface area contributed by atoms with Gasteiger partial charge in [0.25, 0.3) is 0 Å². The van der Waals surface area contributed by atoms with Crippen molar-refractivity contribution < 1.29 is 27.5 Å². The Morgan fingerprint density at radius 3 is 2.63 bits per heavy atom. The van der Waals surface area contributed by atoms with Crippen molar-refractivity contribution in [1.82, 2.24) is 25.4 Å². The van der Waals surface area contributed by atoms with Gasteiger partial charge in [-0.1, -0.05) is 49.0 Å². The van der Waals surface area contributed by atoms with Crippen LogP contribution in [0, 0.1) is 0 Å². The number of aliphatic imine (C=N–C) groups is 1. The first-order chi connectivity index (χ1) is 22.1. The number of urea groups is 1. The molecule has 3 aromatic carbocycles. The maximum absolute atomic E-state index is 12.8. The lowest BCUT2D eigenvalue weighted by atomic mass is 10.1. The summed E-state index contributed by atoms with van der Waals surface area (Å²) >= 11 is 6.61. The second-order valence-electron chi connectivity index (χ2n) is 10.4. The van der Waals surface area contributed by atoms with E-state index in [-0.39, 0.29) is 28.6 Å². The molecular formula is C31H26F3N7O3S2. The third-order valence-corrected chi connectivity index (χ3v) is 8.47. The molecule has 0 bridgehead atoms. The van der Waals surface area contributed by atoms with Gasteiger partial charge < -0.3 is 10.1 Å². The van der Waals surface area contributed by atoms with Gasteiger partial charge in [-0.3, -0.25) is 15.0 Å². The van der Waals surface area contributed by atoms with Crippen molar-refractivity contribution in [1.29, 1.82) is 0 Å². The summed E-state index contributed by atoms with van der Waals surface area (Å²) in [7, 11) is 0. The van der Waals surface area contributed by atoms with Crippen LogP contribution < -0.4 is 20.3 Å². The number of thiocarbonyl (C=S) groups is 1. The number of amidine groups is 1. The molecule has 0 radical (unpaired) electrons. The highest BCUT2D eigenvalue weighted by molar-refractivity contribution is 8.15. The maximum atomic E-state index is 12.8. The fourth-order valence-electron chi connectivity index (χ4n) is 5.32. The smallest absolute Gasteiger partial charge is 0.406 e. The number of nitrogens with one attached hydrogen (secondary N) is 2. The van der Waals surface area contributed by atoms with Gasteiger partial charge in [-0.25, -0.2) is 14.5 Å². The summed E-state index contributed by atoms with van der Waals surface area (Å²) in [6.45, 7) is 2.01. The molecule has 4 aromatic rings. The van der Waals surface area contributed by atoms with E-state index in [2.05, 4.69) is 30.4 Å². The highest BCUT2D eigenvalue weighted by Gasteiger charge is 2.32. The quantitative estimate of drug-likeness (QED) is 0.259. The zero-order valence-electron chi connectivity index (χ0n) is 24.2. The number of alkyl halides is 3. The highest BCUT2D eigenvalue weighted by Crippen LogP contribution is 2.31. The topological polar surface area (TPSA) is 114 Å². The van der Waals surface area contributed by atoms with Crippen molar-refractivity contribution in [2.45, 2.75) is 38.6 Å². The molecule has 1 saturated heterocycles. The van der Waals surface area contributed by atoms with E-state index >= 15 is 0 Å². The Morgan fingerprint density at radius 2 is 1.87 bits per heavy atom. The molecule has 10 nitrogen and oxygen atoms in total. The van der Waals surface area contributed by atoms with Gasteiger partial charge in [0.05, 0.1) is 17.1 Å². The van der Waals surface area contributed by atoms with Gasteiger partial charge in [0.15, 0.2) is 11.0 Å². The Morgan fingerprint density at radius 1 is 1.11 bits per heavy atom. The first-order valence-electron chi connectivity index (χ1n) is 14.2. The average Bonchev–Trinajstić information content (AvgIpc) is 3.74. The third kappa shape index (κ3) is 7.05. The average molecular weight is 666 g/mol. The van der Waals surface area contributed by atoms with Crippen LogP contribution in [0.15, 0.2) is 78.0 Å². The number of aryl methyl sites for hydroxylation is 1. The molecule has 236 valence electrons. The van der Waals surface area contributed by atoms with Crippen LogP contribution in [0.3, 0.4) is 0 Å². The Kier molecular flexibility index (Phi) is 8.77. The minimum absolute atomic E-state index is 0.0457. The first kappa shape index (κ1) is 31.2. The van der Waals surface area contributed by atoms with Gasteiger partial charge in [-0.05, 0) is 84.6 Å². The number of benzene rings is 3. The van der Waals surface area contributed by atoms with Crippen molar-refractivity contribution in [3.8, 4) is 22.8 Å². The highest BCUT2D eigenvalue weighted by atomic mass is 32.2. The summed E-state index contributed by atoms with van der Waals surface area (Å²) in [6, 6.07) is 18.1. The SMILES string of the molecule is CCc1ccccc1N1C(=O)CSC1=NC(=S)NC(=O)NC1Cc2ccc(-c3ncn(-c4ccc(OC(F)(F)F)cc4)n3)cc2C1. The molecule has 1 atom stereocenters. The number of ether oxygens (including phenoxy) is 1. The lowest BCUT2D eigenvalue weighted by molar-refractivity contribution is -0.274. The van der Waals surface area contributed by atoms with Gasteiger partial charge in [-0.2, -0.15) is 4.99 Å². The van der Waals surface area contributed by atoms with Crippen LogP contribution in [0.2, 0.25) is 0 Å². The predicted molar refractivity (Wildman–Crippen MR) is 172 cm³/mol. The number of fused-ring (bicyclic) bond motifs is 1. The van der Waals surface area contributed by atoms with Crippen molar-refractivity contribution >= 4 is 51.9 Å². The van der Waals surface area contributed by atoms with Crippen LogP contribution in [0.4, 0.5) is 23.7 Å². The van der Waals surface area contributed by atoms with Gasteiger partial charge >= 0.3 is 12.4 Å². The number of aromatic nitrogens is 3. The van der Waals surface area contributed by atoms with E-state index < -0.39 is 12.4 Å². The Bertz CT molecular complexity index is 1840. The summed E-state index contributed by atoms with van der Waals surface area (Å²) in [5, 5.41) is 10.4. The van der Waals surface area contributed by atoms with E-state index in [1.54, 1.807) is 4.90 Å². The van der Waals surface area contributed by atoms with E-state index in [0.29, 0.717) is 29.5 Å². The van der Waals surface area contributed by atoms with E-state index in [0.717, 1.165) is 34.4 Å². The standard InChI is InChI=1S/C31H26F3N7O3S2/c1-2-18-5-3-4-6-25(18)41-26(42)16-46-30(41)38-29(45)37-28(43)36-22-14-19-7-8-20(13-21(19)15-22)27-35-17-40(39-27)23-9-11-24(12-10-23)44-31(32,33)34/h3-13,17,22H,2,14-16H2,1H3,(H2,36,37,43,45). The molecule has 15 heteroatoms. The molecule has 1 fully saturated rings. The minimum atomic E-state index is -4.77. The summed E-state index contributed by atoms with van der Waals surface area (Å²) < 4.78 is 42.7. The summed E-state index contributed by atoms with van der Waals surface area (Å²) in [4.78, 5) is 35.8. The molecule has 0 saturated carbocycles. The number of hydrogen-bond donors (Lipinski definition) is 2. The summed E-state index contributed by atoms with van der Waals surface area (Å²) in [5.41, 5.74) is 5.14. The number of anilines is 1. The van der Waals surface area contributed by atoms with Crippen molar-refractivity contribution in [2.24, 2.45) is 4.99 Å². The maximum Gasteiger partial charge on any atom is 0.573 e. The van der Waals surface area contributed by atoms with Gasteiger partial charge in [0, 0.05) is 11.6 Å². The second-order valence-corrected chi connectivity index (χ2v) is 11.8. The Labute approximate surface area is 271 Å². The zero-order chi connectivity index (χ0) is 32.4. The molecule has 46 heavy (non-hydrogen) atoms. The summed E-state index contributed by atoms with van der Waals surface area (Å²) in [6.07, 6.45) is -1.35. The number of amides is 3. The van der Waals surface area contributed by atoms with Crippen LogP contribution in [0.5, 0.6) is 5.75 Å². The third-order valence-electron chi connectivity index (χ3n) is 7.36. The number of thioether (sulfide) groups is 1. The fourth-order valence-corrected chi connectivity index (χ4v) is 6.43.